The third kappa shape index (κ3) is 5.26. The molecule has 34 heavy (non-hydrogen) atoms. The molecule has 0 aromatic heterocycles. The number of rotatable bonds is 9. The summed E-state index contributed by atoms with van der Waals surface area (Å²) in [5, 5.41) is 7.85. The van der Waals surface area contributed by atoms with Gasteiger partial charge >= 0.3 is 6.09 Å². The molecule has 0 saturated heterocycles. The van der Waals surface area contributed by atoms with Crippen LogP contribution in [0.5, 0.6) is 0 Å². The van der Waals surface area contributed by atoms with Crippen molar-refractivity contribution in [3.05, 3.63) is 95.6 Å². The summed E-state index contributed by atoms with van der Waals surface area (Å²) in [7, 11) is 0. The highest BCUT2D eigenvalue weighted by molar-refractivity contribution is 5.86. The lowest BCUT2D eigenvalue weighted by Crippen LogP contribution is -2.53. The van der Waals surface area contributed by atoms with Crippen LogP contribution in [0.15, 0.2) is 78.9 Å². The third-order valence-electron chi connectivity index (χ3n) is 5.91. The summed E-state index contributed by atoms with van der Waals surface area (Å²) in [4.78, 5) is 36.2. The molecule has 0 aliphatic heterocycles. The van der Waals surface area contributed by atoms with Gasteiger partial charge in [-0.15, -0.1) is 0 Å². The second-order valence-corrected chi connectivity index (χ2v) is 8.23. The maximum atomic E-state index is 12.8. The number of hydrogen-bond acceptors (Lipinski definition) is 4. The van der Waals surface area contributed by atoms with Gasteiger partial charge in [-0.05, 0) is 34.7 Å². The predicted octanol–water partition coefficient (Wildman–Crippen LogP) is 3.34. The molecule has 0 radical (unpaired) electrons. The van der Waals surface area contributed by atoms with Crippen molar-refractivity contribution in [2.24, 2.45) is 0 Å². The quantitative estimate of drug-likeness (QED) is 0.339. The van der Waals surface area contributed by atoms with Crippen molar-refractivity contribution in [3.63, 3.8) is 0 Å². The van der Waals surface area contributed by atoms with Gasteiger partial charge in [-0.3, -0.25) is 9.59 Å². The summed E-state index contributed by atoms with van der Waals surface area (Å²) in [5.41, 5.74) is 5.40. The molecule has 0 heterocycles. The molecule has 3 aromatic carbocycles. The molecule has 0 unspecified atom stereocenters. The number of fused-ring (bicyclic) bond motifs is 3. The summed E-state index contributed by atoms with van der Waals surface area (Å²) in [6, 6.07) is 24.7. The number of alkyl carbamates (subject to hydrolysis) is 1. The lowest BCUT2D eigenvalue weighted by molar-refractivity contribution is -0.124. The van der Waals surface area contributed by atoms with Gasteiger partial charge < -0.3 is 20.7 Å². The summed E-state index contributed by atoms with van der Waals surface area (Å²) in [5.74, 6) is -0.490. The molecule has 3 amide bonds. The van der Waals surface area contributed by atoms with E-state index in [0.717, 1.165) is 27.8 Å². The fraction of sp³-hybridized carbons (Fsp3) is 0.222. The average Bonchev–Trinajstić information content (AvgIpc) is 3.17. The molecule has 4 rings (SSSR count). The molecule has 2 atom stereocenters. The Bertz CT molecular complexity index is 1120. The fourth-order valence-electron chi connectivity index (χ4n) is 4.30. The molecule has 3 aromatic rings. The second-order valence-electron chi connectivity index (χ2n) is 8.23. The zero-order valence-corrected chi connectivity index (χ0v) is 18.9. The van der Waals surface area contributed by atoms with Gasteiger partial charge in [0, 0.05) is 12.3 Å². The molecular formula is C27H27N3O4. The summed E-state index contributed by atoms with van der Waals surface area (Å²) >= 11 is 0. The molecule has 0 saturated carbocycles. The van der Waals surface area contributed by atoms with Crippen LogP contribution >= 0.6 is 0 Å². The first-order chi connectivity index (χ1) is 16.6. The Morgan fingerprint density at radius 2 is 1.47 bits per heavy atom. The molecule has 3 N–H and O–H groups in total. The van der Waals surface area contributed by atoms with E-state index in [9.17, 15) is 14.4 Å². The highest BCUT2D eigenvalue weighted by Gasteiger charge is 2.30. The number of carbonyl (C=O) groups is 3. The topological polar surface area (TPSA) is 96.5 Å². The molecule has 7 nitrogen and oxygen atoms in total. The van der Waals surface area contributed by atoms with Gasteiger partial charge in [0.2, 0.25) is 12.3 Å². The van der Waals surface area contributed by atoms with E-state index in [4.69, 9.17) is 4.74 Å². The highest BCUT2D eigenvalue weighted by atomic mass is 16.5. The Kier molecular flexibility index (Phi) is 7.22. The monoisotopic (exact) mass is 457 g/mol. The van der Waals surface area contributed by atoms with Gasteiger partial charge in [0.1, 0.15) is 12.6 Å². The van der Waals surface area contributed by atoms with E-state index in [1.165, 1.54) is 0 Å². The fourth-order valence-corrected chi connectivity index (χ4v) is 4.30. The molecule has 0 fully saturated rings. The third-order valence-corrected chi connectivity index (χ3v) is 5.91. The standard InChI is InChI=1S/C27H27N3O4/c1-18(28-17-31)29-26(32)25(15-19-9-3-2-4-10-19)30-27(33)34-16-24-22-13-7-5-11-20(22)21-12-6-8-14-23(21)24/h2-14,17-18,24-25H,15-16H2,1H3,(H,28,31)(H,29,32)(H,30,33)/t18-,25-/m0/s1. The number of hydrogen-bond donors (Lipinski definition) is 3. The largest absolute Gasteiger partial charge is 0.449 e. The molecule has 0 bridgehead atoms. The van der Waals surface area contributed by atoms with Crippen molar-refractivity contribution in [1.82, 2.24) is 16.0 Å². The van der Waals surface area contributed by atoms with Crippen molar-refractivity contribution in [2.45, 2.75) is 31.5 Å². The van der Waals surface area contributed by atoms with Gasteiger partial charge in [0.25, 0.3) is 0 Å². The second kappa shape index (κ2) is 10.7. The Balaban J connectivity index is 1.44. The van der Waals surface area contributed by atoms with Crippen LogP contribution in [-0.2, 0) is 20.7 Å². The number of carbonyl (C=O) groups excluding carboxylic acids is 3. The van der Waals surface area contributed by atoms with Gasteiger partial charge in [0.15, 0.2) is 0 Å². The van der Waals surface area contributed by atoms with Crippen LogP contribution in [-0.4, -0.2) is 37.2 Å². The number of nitrogens with one attached hydrogen (secondary N) is 3. The Morgan fingerprint density at radius 1 is 0.882 bits per heavy atom. The normalized spacial score (nSPS) is 13.7. The van der Waals surface area contributed by atoms with Crippen LogP contribution in [0.25, 0.3) is 11.1 Å². The van der Waals surface area contributed by atoms with E-state index in [2.05, 4.69) is 28.1 Å². The molecule has 1 aliphatic rings. The zero-order valence-electron chi connectivity index (χ0n) is 18.9. The SMILES string of the molecule is C[C@@H](NC=O)NC(=O)[C@H](Cc1ccccc1)NC(=O)OCC1c2ccccc2-c2ccccc21. The van der Waals surface area contributed by atoms with Crippen molar-refractivity contribution in [3.8, 4) is 11.1 Å². The van der Waals surface area contributed by atoms with Crippen LogP contribution in [0.1, 0.15) is 29.5 Å². The Hall–Kier alpha value is -4.13. The summed E-state index contributed by atoms with van der Waals surface area (Å²) < 4.78 is 5.61. The van der Waals surface area contributed by atoms with E-state index >= 15 is 0 Å². The van der Waals surface area contributed by atoms with Crippen LogP contribution < -0.4 is 16.0 Å². The lowest BCUT2D eigenvalue weighted by atomic mass is 9.98. The van der Waals surface area contributed by atoms with Gasteiger partial charge in [-0.2, -0.15) is 0 Å². The smallest absolute Gasteiger partial charge is 0.407 e. The van der Waals surface area contributed by atoms with E-state index in [-0.39, 0.29) is 18.9 Å². The Morgan fingerprint density at radius 3 is 2.09 bits per heavy atom. The zero-order chi connectivity index (χ0) is 23.9. The van der Waals surface area contributed by atoms with E-state index in [1.807, 2.05) is 66.7 Å². The van der Waals surface area contributed by atoms with Crippen LogP contribution in [0.3, 0.4) is 0 Å². The Labute approximate surface area is 198 Å². The van der Waals surface area contributed by atoms with Crippen molar-refractivity contribution in [2.75, 3.05) is 6.61 Å². The van der Waals surface area contributed by atoms with Crippen molar-refractivity contribution in [1.29, 1.82) is 0 Å². The first-order valence-electron chi connectivity index (χ1n) is 11.2. The van der Waals surface area contributed by atoms with Gasteiger partial charge in [-0.1, -0.05) is 78.9 Å². The molecule has 0 spiro atoms. The maximum absolute atomic E-state index is 12.8. The minimum Gasteiger partial charge on any atom is -0.449 e. The summed E-state index contributed by atoms with van der Waals surface area (Å²) in [6.07, 6.45) is -0.456. The van der Waals surface area contributed by atoms with Crippen LogP contribution in [0, 0.1) is 0 Å². The van der Waals surface area contributed by atoms with E-state index in [1.54, 1.807) is 6.92 Å². The average molecular weight is 458 g/mol. The van der Waals surface area contributed by atoms with E-state index in [0.29, 0.717) is 6.41 Å². The predicted molar refractivity (Wildman–Crippen MR) is 129 cm³/mol. The molecule has 7 heteroatoms. The summed E-state index contributed by atoms with van der Waals surface area (Å²) in [6.45, 7) is 1.79. The van der Waals surface area contributed by atoms with Gasteiger partial charge in [0.05, 0.1) is 6.17 Å². The van der Waals surface area contributed by atoms with Crippen molar-refractivity contribution < 1.29 is 19.1 Å². The highest BCUT2D eigenvalue weighted by Crippen LogP contribution is 2.44. The maximum Gasteiger partial charge on any atom is 0.407 e. The minimum absolute atomic E-state index is 0.0728. The minimum atomic E-state index is -0.867. The molecule has 174 valence electrons. The number of amides is 3. The molecule has 1 aliphatic carbocycles. The van der Waals surface area contributed by atoms with Gasteiger partial charge in [-0.25, -0.2) is 4.79 Å². The number of benzene rings is 3. The van der Waals surface area contributed by atoms with Crippen LogP contribution in [0.4, 0.5) is 4.79 Å². The first-order valence-corrected chi connectivity index (χ1v) is 11.2. The lowest BCUT2D eigenvalue weighted by Gasteiger charge is -2.22. The molecular weight excluding hydrogens is 430 g/mol. The number of ether oxygens (including phenoxy) is 1. The van der Waals surface area contributed by atoms with Crippen molar-refractivity contribution >= 4 is 18.4 Å². The first kappa shape index (κ1) is 23.0. The van der Waals surface area contributed by atoms with E-state index < -0.39 is 24.2 Å². The van der Waals surface area contributed by atoms with Crippen LogP contribution in [0.2, 0.25) is 0 Å².